The van der Waals surface area contributed by atoms with E-state index in [0.29, 0.717) is 23.7 Å². The zero-order valence-electron chi connectivity index (χ0n) is 11.8. The van der Waals surface area contributed by atoms with Gasteiger partial charge in [-0.15, -0.1) is 0 Å². The van der Waals surface area contributed by atoms with Crippen molar-refractivity contribution in [2.75, 3.05) is 18.9 Å². The topological polar surface area (TPSA) is 69.6 Å². The number of benzene rings is 1. The van der Waals surface area contributed by atoms with Gasteiger partial charge < -0.3 is 15.3 Å². The molecule has 0 aliphatic rings. The number of halogens is 1. The summed E-state index contributed by atoms with van der Waals surface area (Å²) in [5.41, 5.74) is 1.34. The zero-order chi connectivity index (χ0) is 15.3. The van der Waals surface area contributed by atoms with Crippen molar-refractivity contribution in [1.29, 1.82) is 0 Å². The molecule has 1 aromatic rings. The third-order valence-corrected chi connectivity index (χ3v) is 3.09. The van der Waals surface area contributed by atoms with Gasteiger partial charge in [-0.2, -0.15) is 0 Å². The molecule has 0 fully saturated rings. The van der Waals surface area contributed by atoms with Gasteiger partial charge in [-0.05, 0) is 44.0 Å². The molecule has 0 heterocycles. The van der Waals surface area contributed by atoms with Crippen molar-refractivity contribution in [2.24, 2.45) is 0 Å². The van der Waals surface area contributed by atoms with Gasteiger partial charge in [0, 0.05) is 24.3 Å². The van der Waals surface area contributed by atoms with Gasteiger partial charge in [0.1, 0.15) is 0 Å². The molecule has 0 aliphatic heterocycles. The van der Waals surface area contributed by atoms with Crippen molar-refractivity contribution >= 4 is 29.1 Å². The summed E-state index contributed by atoms with van der Waals surface area (Å²) in [4.78, 5) is 25.0. The molecule has 0 aromatic heterocycles. The first kappa shape index (κ1) is 16.5. The average Bonchev–Trinajstić information content (AvgIpc) is 2.38. The molecule has 0 saturated carbocycles. The first-order valence-corrected chi connectivity index (χ1v) is 6.69. The lowest BCUT2D eigenvalue weighted by Crippen LogP contribution is -2.38. The van der Waals surface area contributed by atoms with Crippen LogP contribution in [0.4, 0.5) is 5.69 Å². The second-order valence-corrected chi connectivity index (χ2v) is 5.21. The summed E-state index contributed by atoms with van der Waals surface area (Å²) in [6.07, 6.45) is -0.0815. The van der Waals surface area contributed by atoms with Crippen LogP contribution in [0.5, 0.6) is 0 Å². The molecule has 0 aliphatic carbocycles. The summed E-state index contributed by atoms with van der Waals surface area (Å²) in [6, 6.07) is 5.00. The molecule has 0 radical (unpaired) electrons. The molecular weight excluding hydrogens is 280 g/mol. The van der Waals surface area contributed by atoms with Crippen molar-refractivity contribution in [3.05, 3.63) is 28.8 Å². The lowest BCUT2D eigenvalue weighted by atomic mass is 10.2. The number of carbonyl (C=O) groups is 2. The van der Waals surface area contributed by atoms with Crippen LogP contribution in [-0.2, 0) is 9.59 Å². The van der Waals surface area contributed by atoms with Gasteiger partial charge in [-0.1, -0.05) is 11.6 Å². The maximum absolute atomic E-state index is 11.8. The van der Waals surface area contributed by atoms with Crippen LogP contribution in [0.2, 0.25) is 5.02 Å². The number of nitrogens with zero attached hydrogens (tertiary/aromatic N) is 1. The average molecular weight is 299 g/mol. The molecular formula is C14H19ClN2O3. The first-order valence-electron chi connectivity index (χ1n) is 6.32. The third-order valence-electron chi connectivity index (χ3n) is 2.86. The zero-order valence-corrected chi connectivity index (χ0v) is 12.6. The van der Waals surface area contributed by atoms with Crippen LogP contribution < -0.4 is 5.32 Å². The van der Waals surface area contributed by atoms with Crippen molar-refractivity contribution in [3.8, 4) is 0 Å². The van der Waals surface area contributed by atoms with Crippen LogP contribution in [-0.4, -0.2) is 41.5 Å². The smallest absolute Gasteiger partial charge is 0.313 e. The van der Waals surface area contributed by atoms with Crippen molar-refractivity contribution in [2.45, 2.75) is 26.4 Å². The van der Waals surface area contributed by atoms with E-state index in [9.17, 15) is 9.59 Å². The molecule has 0 saturated heterocycles. The van der Waals surface area contributed by atoms with Crippen molar-refractivity contribution in [1.82, 2.24) is 4.90 Å². The predicted molar refractivity (Wildman–Crippen MR) is 78.8 cm³/mol. The summed E-state index contributed by atoms with van der Waals surface area (Å²) in [7, 11) is 1.53. The van der Waals surface area contributed by atoms with Gasteiger partial charge in [-0.25, -0.2) is 0 Å². The number of anilines is 1. The van der Waals surface area contributed by atoms with E-state index in [4.69, 9.17) is 16.7 Å². The Balaban J connectivity index is 2.63. The van der Waals surface area contributed by atoms with E-state index in [1.54, 1.807) is 32.0 Å². The monoisotopic (exact) mass is 298 g/mol. The summed E-state index contributed by atoms with van der Waals surface area (Å²) >= 11 is 5.83. The normalized spacial score (nSPS) is 11.8. The maximum Gasteiger partial charge on any atom is 0.313 e. The standard InChI is InChI=1S/C14H19ClN2O3/c1-9-8-11(15)4-5-12(9)16-13(19)14(20)17(3)7-6-10(2)18/h4-5,8,10,18H,6-7H2,1-3H3,(H,16,19). The molecule has 1 aromatic carbocycles. The highest BCUT2D eigenvalue weighted by Gasteiger charge is 2.19. The van der Waals surface area contributed by atoms with Gasteiger partial charge in [0.25, 0.3) is 0 Å². The van der Waals surface area contributed by atoms with Crippen LogP contribution >= 0.6 is 11.6 Å². The number of hydrogen-bond donors (Lipinski definition) is 2. The number of likely N-dealkylation sites (N-methyl/N-ethyl adjacent to an activating group) is 1. The Labute approximate surface area is 123 Å². The first-order chi connectivity index (χ1) is 9.31. The van der Waals surface area contributed by atoms with Crippen LogP contribution in [0.25, 0.3) is 0 Å². The highest BCUT2D eigenvalue weighted by atomic mass is 35.5. The number of hydrogen-bond acceptors (Lipinski definition) is 3. The SMILES string of the molecule is Cc1cc(Cl)ccc1NC(=O)C(=O)N(C)CCC(C)O. The fraction of sp³-hybridized carbons (Fsp3) is 0.429. The van der Waals surface area contributed by atoms with Crippen LogP contribution in [0, 0.1) is 6.92 Å². The predicted octanol–water partition coefficient (Wildman–Crippen LogP) is 1.82. The van der Waals surface area contributed by atoms with E-state index in [0.717, 1.165) is 5.56 Å². The molecule has 2 N–H and O–H groups in total. The summed E-state index contributed by atoms with van der Waals surface area (Å²) in [5.74, 6) is -1.34. The minimum Gasteiger partial charge on any atom is -0.393 e. The number of aryl methyl sites for hydroxylation is 1. The molecule has 1 rings (SSSR count). The van der Waals surface area contributed by atoms with Gasteiger partial charge in [0.2, 0.25) is 0 Å². The second-order valence-electron chi connectivity index (χ2n) is 4.78. The van der Waals surface area contributed by atoms with Gasteiger partial charge in [-0.3, -0.25) is 9.59 Å². The Morgan fingerprint density at radius 3 is 2.65 bits per heavy atom. The molecule has 5 nitrogen and oxygen atoms in total. The molecule has 1 unspecified atom stereocenters. The number of carbonyl (C=O) groups excluding carboxylic acids is 2. The quantitative estimate of drug-likeness (QED) is 0.833. The van der Waals surface area contributed by atoms with Crippen molar-refractivity contribution in [3.63, 3.8) is 0 Å². The Morgan fingerprint density at radius 1 is 1.45 bits per heavy atom. The van der Waals surface area contributed by atoms with E-state index < -0.39 is 17.9 Å². The summed E-state index contributed by atoms with van der Waals surface area (Å²) < 4.78 is 0. The van der Waals surface area contributed by atoms with E-state index in [1.807, 2.05) is 0 Å². The largest absolute Gasteiger partial charge is 0.393 e. The second kappa shape index (κ2) is 7.26. The summed E-state index contributed by atoms with van der Waals surface area (Å²) in [6.45, 7) is 3.75. The van der Waals surface area contributed by atoms with Crippen LogP contribution in [0.3, 0.4) is 0 Å². The van der Waals surface area contributed by atoms with Crippen molar-refractivity contribution < 1.29 is 14.7 Å². The van der Waals surface area contributed by atoms with E-state index in [1.165, 1.54) is 11.9 Å². The Hall–Kier alpha value is -1.59. The molecule has 0 bridgehead atoms. The van der Waals surface area contributed by atoms with E-state index in [-0.39, 0.29) is 0 Å². The molecule has 2 amide bonds. The lowest BCUT2D eigenvalue weighted by Gasteiger charge is -2.17. The van der Waals surface area contributed by atoms with Gasteiger partial charge >= 0.3 is 11.8 Å². The Kier molecular flexibility index (Phi) is 5.98. The van der Waals surface area contributed by atoms with Gasteiger partial charge in [0.05, 0.1) is 6.10 Å². The number of amides is 2. The van der Waals surface area contributed by atoms with E-state index in [2.05, 4.69) is 5.32 Å². The Morgan fingerprint density at radius 2 is 2.10 bits per heavy atom. The highest BCUT2D eigenvalue weighted by molar-refractivity contribution is 6.39. The van der Waals surface area contributed by atoms with Crippen LogP contribution in [0.15, 0.2) is 18.2 Å². The molecule has 0 spiro atoms. The summed E-state index contributed by atoms with van der Waals surface area (Å²) in [5, 5.41) is 12.3. The lowest BCUT2D eigenvalue weighted by molar-refractivity contribution is -0.142. The number of nitrogens with one attached hydrogen (secondary N) is 1. The fourth-order valence-corrected chi connectivity index (χ4v) is 1.83. The van der Waals surface area contributed by atoms with Gasteiger partial charge in [0.15, 0.2) is 0 Å². The number of aliphatic hydroxyl groups is 1. The molecule has 1 atom stereocenters. The molecule has 6 heteroatoms. The minimum atomic E-state index is -0.705. The Bertz CT molecular complexity index is 503. The minimum absolute atomic E-state index is 0.323. The van der Waals surface area contributed by atoms with E-state index >= 15 is 0 Å². The molecule has 110 valence electrons. The highest BCUT2D eigenvalue weighted by Crippen LogP contribution is 2.19. The fourth-order valence-electron chi connectivity index (χ4n) is 1.60. The third kappa shape index (κ3) is 4.83. The number of rotatable bonds is 4. The molecule has 20 heavy (non-hydrogen) atoms. The van der Waals surface area contributed by atoms with Crippen LogP contribution in [0.1, 0.15) is 18.9 Å². The number of aliphatic hydroxyl groups excluding tert-OH is 1. The maximum atomic E-state index is 11.8.